The average Bonchev–Trinajstić information content (AvgIpc) is 3.38. The lowest BCUT2D eigenvalue weighted by Gasteiger charge is -2.29. The van der Waals surface area contributed by atoms with Crippen molar-refractivity contribution in [3.05, 3.63) is 76.8 Å². The van der Waals surface area contributed by atoms with Gasteiger partial charge in [-0.1, -0.05) is 29.3 Å². The van der Waals surface area contributed by atoms with E-state index in [1.165, 1.54) is 0 Å². The van der Waals surface area contributed by atoms with Crippen LogP contribution in [0.25, 0.3) is 0 Å². The Hall–Kier alpha value is -1.70. The highest BCUT2D eigenvalue weighted by Gasteiger charge is 2.41. The Balaban J connectivity index is 1.42. The second-order valence-corrected chi connectivity index (χ2v) is 9.25. The number of hydrogen-bond donors (Lipinski definition) is 1. The number of aryl methyl sites for hydroxylation is 1. The van der Waals surface area contributed by atoms with E-state index < -0.39 is 5.79 Å². The van der Waals surface area contributed by atoms with Crippen LogP contribution in [0.2, 0.25) is 10.0 Å². The Bertz CT molecular complexity index is 969. The molecule has 4 rings (SSSR count). The monoisotopic (exact) mass is 463 g/mol. The third-order valence-corrected chi connectivity index (χ3v) is 6.73. The molecule has 1 fully saturated rings. The number of nitrogens with two attached hydrogens (primary N) is 1. The van der Waals surface area contributed by atoms with Crippen molar-refractivity contribution in [2.45, 2.75) is 36.2 Å². The van der Waals surface area contributed by atoms with Gasteiger partial charge in [-0.05, 0) is 48.4 Å². The number of benzene rings is 2. The van der Waals surface area contributed by atoms with E-state index in [1.807, 2.05) is 47.2 Å². The summed E-state index contributed by atoms with van der Waals surface area (Å²) in [5.41, 5.74) is 7.56. The number of nitrogens with zero attached hydrogens (tertiary/aromatic N) is 2. The van der Waals surface area contributed by atoms with Crippen molar-refractivity contribution in [3.8, 4) is 0 Å². The van der Waals surface area contributed by atoms with Gasteiger partial charge in [-0.25, -0.2) is 4.98 Å². The molecule has 3 aromatic rings. The van der Waals surface area contributed by atoms with Crippen LogP contribution in [0.4, 0.5) is 5.69 Å². The van der Waals surface area contributed by atoms with Crippen LogP contribution in [0.3, 0.4) is 0 Å². The minimum Gasteiger partial charge on any atom is -0.399 e. The lowest BCUT2D eigenvalue weighted by atomic mass is 10.0. The molecular formula is C22H23Cl2N3O2S. The molecule has 1 aliphatic heterocycles. The molecule has 1 aromatic heterocycles. The topological polar surface area (TPSA) is 62.3 Å². The average molecular weight is 464 g/mol. The minimum atomic E-state index is -0.726. The summed E-state index contributed by atoms with van der Waals surface area (Å²) >= 11 is 14.1. The summed E-state index contributed by atoms with van der Waals surface area (Å²) < 4.78 is 14.7. The van der Waals surface area contributed by atoms with Crippen LogP contribution < -0.4 is 5.73 Å². The first-order valence-corrected chi connectivity index (χ1v) is 11.5. The van der Waals surface area contributed by atoms with Crippen molar-refractivity contribution in [3.63, 3.8) is 0 Å². The van der Waals surface area contributed by atoms with Gasteiger partial charge < -0.3 is 19.8 Å². The molecule has 5 nitrogen and oxygen atoms in total. The molecule has 0 spiro atoms. The van der Waals surface area contributed by atoms with Gasteiger partial charge in [-0.15, -0.1) is 11.8 Å². The number of hydrogen-bond acceptors (Lipinski definition) is 5. The van der Waals surface area contributed by atoms with Crippen molar-refractivity contribution >= 4 is 40.7 Å². The van der Waals surface area contributed by atoms with E-state index in [2.05, 4.69) is 4.98 Å². The Morgan fingerprint density at radius 3 is 2.77 bits per heavy atom. The minimum absolute atomic E-state index is 0.00300. The van der Waals surface area contributed by atoms with Gasteiger partial charge in [0.1, 0.15) is 0 Å². The van der Waals surface area contributed by atoms with E-state index in [0.717, 1.165) is 28.3 Å². The summed E-state index contributed by atoms with van der Waals surface area (Å²) in [6.45, 7) is 1.12. The quantitative estimate of drug-likeness (QED) is 0.362. The van der Waals surface area contributed by atoms with E-state index >= 15 is 0 Å². The van der Waals surface area contributed by atoms with Gasteiger partial charge in [0.25, 0.3) is 0 Å². The van der Waals surface area contributed by atoms with Crippen LogP contribution in [-0.2, 0) is 22.4 Å². The third kappa shape index (κ3) is 5.50. The molecule has 0 radical (unpaired) electrons. The molecule has 1 saturated heterocycles. The number of imidazole rings is 1. The number of halogens is 2. The molecular weight excluding hydrogens is 441 g/mol. The first kappa shape index (κ1) is 21.5. The fourth-order valence-corrected chi connectivity index (χ4v) is 4.83. The summed E-state index contributed by atoms with van der Waals surface area (Å²) in [5.74, 6) is 0.0767. The van der Waals surface area contributed by atoms with E-state index in [9.17, 15) is 0 Å². The van der Waals surface area contributed by atoms with Gasteiger partial charge in [0.15, 0.2) is 5.79 Å². The standard InChI is InChI=1S/C22H23Cl2N3O2S/c23-17-2-1-16(21(24)11-17)7-8-22(14-27-10-9-26-15-27)28-12-19(29-22)13-30-20-5-3-18(25)4-6-20/h1-6,9-11,15,19H,7-8,12-14,25H2/t19-,22-/m1/s1. The number of thioether (sulfide) groups is 1. The van der Waals surface area contributed by atoms with Crippen LogP contribution in [0.1, 0.15) is 12.0 Å². The maximum absolute atomic E-state index is 6.47. The molecule has 2 aromatic carbocycles. The number of ether oxygens (including phenoxy) is 2. The lowest BCUT2D eigenvalue weighted by molar-refractivity contribution is -0.180. The van der Waals surface area contributed by atoms with Crippen LogP contribution in [-0.4, -0.2) is 33.8 Å². The number of aromatic nitrogens is 2. The zero-order chi connectivity index (χ0) is 21.0. The second kappa shape index (κ2) is 9.62. The van der Waals surface area contributed by atoms with Gasteiger partial charge in [0.05, 0.1) is 25.6 Å². The highest BCUT2D eigenvalue weighted by atomic mass is 35.5. The molecule has 2 N–H and O–H groups in total. The molecule has 30 heavy (non-hydrogen) atoms. The summed E-state index contributed by atoms with van der Waals surface area (Å²) in [7, 11) is 0. The van der Waals surface area contributed by atoms with Gasteiger partial charge in [0, 0.05) is 45.2 Å². The fraction of sp³-hybridized carbons (Fsp3) is 0.318. The highest BCUT2D eigenvalue weighted by molar-refractivity contribution is 7.99. The van der Waals surface area contributed by atoms with E-state index in [0.29, 0.717) is 29.6 Å². The first-order valence-electron chi connectivity index (χ1n) is 9.71. The fourth-order valence-electron chi connectivity index (χ4n) is 3.45. The van der Waals surface area contributed by atoms with Crippen LogP contribution in [0.5, 0.6) is 0 Å². The highest BCUT2D eigenvalue weighted by Crippen LogP contribution is 2.34. The predicted octanol–water partition coefficient (Wildman–Crippen LogP) is 5.31. The van der Waals surface area contributed by atoms with Crippen LogP contribution >= 0.6 is 35.0 Å². The first-order chi connectivity index (χ1) is 14.5. The van der Waals surface area contributed by atoms with Gasteiger partial charge >= 0.3 is 0 Å². The second-order valence-electron chi connectivity index (χ2n) is 7.31. The number of anilines is 1. The van der Waals surface area contributed by atoms with E-state index in [1.54, 1.807) is 30.4 Å². The number of rotatable bonds is 8. The zero-order valence-corrected chi connectivity index (χ0v) is 18.7. The van der Waals surface area contributed by atoms with Crippen molar-refractivity contribution < 1.29 is 9.47 Å². The maximum atomic E-state index is 6.47. The van der Waals surface area contributed by atoms with Crippen molar-refractivity contribution in [1.82, 2.24) is 9.55 Å². The van der Waals surface area contributed by atoms with Crippen LogP contribution in [0, 0.1) is 0 Å². The summed E-state index contributed by atoms with van der Waals surface area (Å²) in [6, 6.07) is 13.4. The summed E-state index contributed by atoms with van der Waals surface area (Å²) in [5, 5.41) is 1.29. The van der Waals surface area contributed by atoms with Gasteiger partial charge in [0.2, 0.25) is 0 Å². The van der Waals surface area contributed by atoms with Crippen LogP contribution in [0.15, 0.2) is 66.1 Å². The number of nitrogen functional groups attached to an aromatic ring is 1. The Labute approximate surface area is 190 Å². The molecule has 0 unspecified atom stereocenters. The molecule has 2 atom stereocenters. The Kier molecular flexibility index (Phi) is 6.91. The SMILES string of the molecule is Nc1ccc(SC[C@H]2CO[C@@](CCc3ccc(Cl)cc3Cl)(Cn3ccnc3)O2)cc1. The molecule has 0 bridgehead atoms. The molecule has 0 saturated carbocycles. The molecule has 8 heteroatoms. The Morgan fingerprint density at radius 1 is 1.20 bits per heavy atom. The van der Waals surface area contributed by atoms with E-state index in [-0.39, 0.29) is 6.10 Å². The summed E-state index contributed by atoms with van der Waals surface area (Å²) in [4.78, 5) is 5.30. The largest absolute Gasteiger partial charge is 0.399 e. The predicted molar refractivity (Wildman–Crippen MR) is 122 cm³/mol. The Morgan fingerprint density at radius 2 is 2.03 bits per heavy atom. The molecule has 0 aliphatic carbocycles. The maximum Gasteiger partial charge on any atom is 0.187 e. The molecule has 158 valence electrons. The summed E-state index contributed by atoms with van der Waals surface area (Å²) in [6.07, 6.45) is 6.85. The van der Waals surface area contributed by atoms with E-state index in [4.69, 9.17) is 38.4 Å². The van der Waals surface area contributed by atoms with Crippen molar-refractivity contribution in [1.29, 1.82) is 0 Å². The van der Waals surface area contributed by atoms with Gasteiger partial charge in [-0.2, -0.15) is 0 Å². The van der Waals surface area contributed by atoms with Gasteiger partial charge in [-0.3, -0.25) is 0 Å². The normalized spacial score (nSPS) is 21.2. The third-order valence-electron chi connectivity index (χ3n) is 5.00. The van der Waals surface area contributed by atoms with Crippen molar-refractivity contribution in [2.75, 3.05) is 18.1 Å². The zero-order valence-electron chi connectivity index (χ0n) is 16.3. The molecule has 1 aliphatic rings. The molecule has 2 heterocycles. The molecule has 0 amide bonds. The lowest BCUT2D eigenvalue weighted by Crippen LogP contribution is -2.37. The smallest absolute Gasteiger partial charge is 0.187 e. The van der Waals surface area contributed by atoms with Crippen molar-refractivity contribution in [2.24, 2.45) is 0 Å².